The molecule has 0 aliphatic heterocycles. The number of rotatable bonds is 2. The number of nitrogens with one attached hydrogen (secondary N) is 1. The summed E-state index contributed by atoms with van der Waals surface area (Å²) in [5.74, 6) is 0.869. The monoisotopic (exact) mass is 273 g/mol. The Morgan fingerprint density at radius 1 is 0.810 bits per heavy atom. The van der Waals surface area contributed by atoms with E-state index in [9.17, 15) is 0 Å². The van der Waals surface area contributed by atoms with Crippen LogP contribution in [0.4, 0.5) is 0 Å². The lowest BCUT2D eigenvalue weighted by Crippen LogP contribution is -1.82. The predicted octanol–water partition coefficient (Wildman–Crippen LogP) is 5.00. The summed E-state index contributed by atoms with van der Waals surface area (Å²) in [6.07, 6.45) is 0. The molecule has 1 aromatic heterocycles. The van der Waals surface area contributed by atoms with E-state index in [2.05, 4.69) is 59.6 Å². The average Bonchev–Trinajstić information content (AvgIpc) is 2.97. The SMILES string of the molecule is COc1ccc2cc(-c3cccc4ccccc34)[nH]c2c1. The molecule has 0 saturated heterocycles. The quantitative estimate of drug-likeness (QED) is 0.546. The van der Waals surface area contributed by atoms with Crippen molar-refractivity contribution in [1.29, 1.82) is 0 Å². The maximum atomic E-state index is 5.29. The molecular weight excluding hydrogens is 258 g/mol. The molecule has 21 heavy (non-hydrogen) atoms. The van der Waals surface area contributed by atoms with Crippen molar-refractivity contribution in [2.75, 3.05) is 7.11 Å². The molecule has 0 radical (unpaired) electrons. The Kier molecular flexibility index (Phi) is 2.68. The lowest BCUT2D eigenvalue weighted by atomic mass is 10.0. The minimum absolute atomic E-state index is 0.869. The third-order valence-corrected chi connectivity index (χ3v) is 3.91. The van der Waals surface area contributed by atoms with Gasteiger partial charge in [-0.1, -0.05) is 42.5 Å². The van der Waals surface area contributed by atoms with Crippen LogP contribution in [0.25, 0.3) is 32.9 Å². The fourth-order valence-corrected chi connectivity index (χ4v) is 2.84. The summed E-state index contributed by atoms with van der Waals surface area (Å²) in [6, 6.07) is 23.2. The zero-order valence-corrected chi connectivity index (χ0v) is 11.8. The number of methoxy groups -OCH3 is 1. The molecule has 1 N–H and O–H groups in total. The van der Waals surface area contributed by atoms with Crippen molar-refractivity contribution in [2.45, 2.75) is 0 Å². The topological polar surface area (TPSA) is 25.0 Å². The Morgan fingerprint density at radius 2 is 1.67 bits per heavy atom. The van der Waals surface area contributed by atoms with Gasteiger partial charge in [-0.15, -0.1) is 0 Å². The normalized spacial score (nSPS) is 11.1. The predicted molar refractivity (Wildman–Crippen MR) is 87.8 cm³/mol. The van der Waals surface area contributed by atoms with E-state index < -0.39 is 0 Å². The second kappa shape index (κ2) is 4.67. The van der Waals surface area contributed by atoms with Crippen molar-refractivity contribution >= 4 is 21.7 Å². The largest absolute Gasteiger partial charge is 0.497 e. The number of ether oxygens (including phenoxy) is 1. The third-order valence-electron chi connectivity index (χ3n) is 3.91. The van der Waals surface area contributed by atoms with Gasteiger partial charge >= 0.3 is 0 Å². The summed E-state index contributed by atoms with van der Waals surface area (Å²) in [5, 5.41) is 3.71. The number of hydrogen-bond donors (Lipinski definition) is 1. The van der Waals surface area contributed by atoms with Crippen LogP contribution in [0.3, 0.4) is 0 Å². The highest BCUT2D eigenvalue weighted by Crippen LogP contribution is 2.31. The standard InChI is InChI=1S/C19H15NO/c1-21-15-10-9-14-11-19(20-18(14)12-15)17-8-4-6-13-5-2-3-7-16(13)17/h2-12,20H,1H3. The molecule has 4 aromatic rings. The van der Waals surface area contributed by atoms with E-state index in [0.717, 1.165) is 17.0 Å². The fraction of sp³-hybridized carbons (Fsp3) is 0.0526. The van der Waals surface area contributed by atoms with Gasteiger partial charge in [-0.2, -0.15) is 0 Å². The van der Waals surface area contributed by atoms with Crippen molar-refractivity contribution in [1.82, 2.24) is 4.98 Å². The molecule has 0 fully saturated rings. The summed E-state index contributed by atoms with van der Waals surface area (Å²) >= 11 is 0. The number of aromatic nitrogens is 1. The van der Waals surface area contributed by atoms with E-state index in [1.54, 1.807) is 7.11 Å². The van der Waals surface area contributed by atoms with Crippen LogP contribution in [0.1, 0.15) is 0 Å². The summed E-state index contributed by atoms with van der Waals surface area (Å²) in [7, 11) is 1.69. The molecule has 102 valence electrons. The highest BCUT2D eigenvalue weighted by molar-refractivity contribution is 5.98. The molecule has 3 aromatic carbocycles. The number of hydrogen-bond acceptors (Lipinski definition) is 1. The van der Waals surface area contributed by atoms with Crippen molar-refractivity contribution in [3.05, 3.63) is 66.7 Å². The molecule has 1 heterocycles. The number of aromatic amines is 1. The van der Waals surface area contributed by atoms with E-state index in [1.165, 1.54) is 21.7 Å². The first-order valence-electron chi connectivity index (χ1n) is 7.00. The second-order valence-electron chi connectivity index (χ2n) is 5.16. The van der Waals surface area contributed by atoms with E-state index in [1.807, 2.05) is 12.1 Å². The highest BCUT2D eigenvalue weighted by atomic mass is 16.5. The van der Waals surface area contributed by atoms with E-state index in [-0.39, 0.29) is 0 Å². The minimum atomic E-state index is 0.869. The van der Waals surface area contributed by atoms with Crippen LogP contribution in [-0.4, -0.2) is 12.1 Å². The van der Waals surface area contributed by atoms with Gasteiger partial charge in [0.15, 0.2) is 0 Å². The summed E-state index contributed by atoms with van der Waals surface area (Å²) in [6.45, 7) is 0. The van der Waals surface area contributed by atoms with Crippen LogP contribution in [-0.2, 0) is 0 Å². The summed E-state index contributed by atoms with van der Waals surface area (Å²) < 4.78 is 5.29. The van der Waals surface area contributed by atoms with Gasteiger partial charge in [0.1, 0.15) is 5.75 Å². The Balaban J connectivity index is 1.96. The first-order valence-corrected chi connectivity index (χ1v) is 7.00. The molecule has 0 atom stereocenters. The Bertz CT molecular complexity index is 931. The maximum absolute atomic E-state index is 5.29. The lowest BCUT2D eigenvalue weighted by molar-refractivity contribution is 0.415. The van der Waals surface area contributed by atoms with E-state index in [4.69, 9.17) is 4.74 Å². The molecule has 0 aliphatic rings. The smallest absolute Gasteiger partial charge is 0.120 e. The molecule has 2 nitrogen and oxygen atoms in total. The number of fused-ring (bicyclic) bond motifs is 2. The third kappa shape index (κ3) is 1.96. The number of H-pyrrole nitrogens is 1. The van der Waals surface area contributed by atoms with Crippen molar-refractivity contribution in [3.63, 3.8) is 0 Å². The van der Waals surface area contributed by atoms with Crippen LogP contribution in [0.5, 0.6) is 5.75 Å². The first kappa shape index (κ1) is 12.0. The van der Waals surface area contributed by atoms with Gasteiger partial charge in [-0.3, -0.25) is 0 Å². The molecular formula is C19H15NO. The molecule has 0 saturated carbocycles. The summed E-state index contributed by atoms with van der Waals surface area (Å²) in [5.41, 5.74) is 3.45. The van der Waals surface area contributed by atoms with Crippen LogP contribution in [0.15, 0.2) is 66.7 Å². The molecule has 0 spiro atoms. The maximum Gasteiger partial charge on any atom is 0.120 e. The van der Waals surface area contributed by atoms with Gasteiger partial charge < -0.3 is 9.72 Å². The molecule has 0 amide bonds. The van der Waals surface area contributed by atoms with Crippen molar-refractivity contribution in [2.24, 2.45) is 0 Å². The van der Waals surface area contributed by atoms with Crippen LogP contribution < -0.4 is 4.74 Å². The van der Waals surface area contributed by atoms with E-state index >= 15 is 0 Å². The highest BCUT2D eigenvalue weighted by Gasteiger charge is 2.07. The summed E-state index contributed by atoms with van der Waals surface area (Å²) in [4.78, 5) is 3.50. The van der Waals surface area contributed by atoms with E-state index in [0.29, 0.717) is 0 Å². The first-order chi connectivity index (χ1) is 10.3. The zero-order valence-electron chi connectivity index (χ0n) is 11.8. The second-order valence-corrected chi connectivity index (χ2v) is 5.16. The molecule has 0 aliphatic carbocycles. The van der Waals surface area contributed by atoms with Gasteiger partial charge in [0.05, 0.1) is 7.11 Å². The Morgan fingerprint density at radius 3 is 2.57 bits per heavy atom. The Labute approximate surface area is 123 Å². The molecule has 0 unspecified atom stereocenters. The van der Waals surface area contributed by atoms with Gasteiger partial charge in [-0.25, -0.2) is 0 Å². The van der Waals surface area contributed by atoms with Gasteiger partial charge in [0.25, 0.3) is 0 Å². The average molecular weight is 273 g/mol. The van der Waals surface area contributed by atoms with Crippen molar-refractivity contribution < 1.29 is 4.74 Å². The van der Waals surface area contributed by atoms with Crippen molar-refractivity contribution in [3.8, 4) is 17.0 Å². The van der Waals surface area contributed by atoms with Crippen LogP contribution >= 0.6 is 0 Å². The molecule has 4 rings (SSSR count). The number of benzene rings is 3. The zero-order chi connectivity index (χ0) is 14.2. The van der Waals surface area contributed by atoms with Crippen LogP contribution in [0.2, 0.25) is 0 Å². The van der Waals surface area contributed by atoms with Gasteiger partial charge in [0, 0.05) is 28.2 Å². The molecule has 0 bridgehead atoms. The van der Waals surface area contributed by atoms with Crippen LogP contribution in [0, 0.1) is 0 Å². The van der Waals surface area contributed by atoms with Gasteiger partial charge in [-0.05, 0) is 29.0 Å². The van der Waals surface area contributed by atoms with Gasteiger partial charge in [0.2, 0.25) is 0 Å². The lowest BCUT2D eigenvalue weighted by Gasteiger charge is -2.04. The fourth-order valence-electron chi connectivity index (χ4n) is 2.84. The Hall–Kier alpha value is -2.74. The molecule has 2 heteroatoms. The minimum Gasteiger partial charge on any atom is -0.497 e.